The Labute approximate surface area is 62.4 Å². The average molecular weight is 154 g/mol. The first-order valence-electron chi connectivity index (χ1n) is 2.95. The third-order valence-electron chi connectivity index (χ3n) is 1.43. The highest BCUT2D eigenvalue weighted by Gasteiger charge is 2.10. The van der Waals surface area contributed by atoms with Gasteiger partial charge < -0.3 is 9.84 Å². The fourth-order valence-corrected chi connectivity index (χ4v) is 1.74. The van der Waals surface area contributed by atoms with Crippen molar-refractivity contribution in [2.75, 3.05) is 0 Å². The van der Waals surface area contributed by atoms with Crippen molar-refractivity contribution in [2.45, 2.75) is 6.61 Å². The molecule has 1 aliphatic heterocycles. The van der Waals surface area contributed by atoms with E-state index < -0.39 is 0 Å². The van der Waals surface area contributed by atoms with E-state index in [1.54, 1.807) is 17.7 Å². The van der Waals surface area contributed by atoms with Crippen LogP contribution in [0.25, 0.3) is 6.08 Å². The van der Waals surface area contributed by atoms with Gasteiger partial charge in [0.15, 0.2) is 0 Å². The molecule has 10 heavy (non-hydrogen) atoms. The number of rotatable bonds is 0. The standard InChI is InChI=1S/C7H6O2S/c8-6-4-10-7-3-9-2-1-5(6)7/h1-2,4,8H,3H2. The SMILES string of the molecule is Oc1csc2c1C=COC2. The van der Waals surface area contributed by atoms with E-state index in [0.717, 1.165) is 10.4 Å². The van der Waals surface area contributed by atoms with E-state index in [0.29, 0.717) is 12.4 Å². The molecule has 0 fully saturated rings. The maximum atomic E-state index is 9.20. The Hall–Kier alpha value is -0.960. The zero-order chi connectivity index (χ0) is 6.97. The first kappa shape index (κ1) is 5.80. The number of hydrogen-bond acceptors (Lipinski definition) is 3. The van der Waals surface area contributed by atoms with Gasteiger partial charge in [-0.15, -0.1) is 11.3 Å². The van der Waals surface area contributed by atoms with Crippen LogP contribution in [0.3, 0.4) is 0 Å². The van der Waals surface area contributed by atoms with Crippen LogP contribution in [0.15, 0.2) is 11.6 Å². The summed E-state index contributed by atoms with van der Waals surface area (Å²) in [6.45, 7) is 0.594. The molecule has 0 bridgehead atoms. The van der Waals surface area contributed by atoms with Crippen LogP contribution in [-0.4, -0.2) is 5.11 Å². The first-order chi connectivity index (χ1) is 4.88. The molecular weight excluding hydrogens is 148 g/mol. The van der Waals surface area contributed by atoms with E-state index in [4.69, 9.17) is 4.74 Å². The quantitative estimate of drug-likeness (QED) is 0.619. The molecule has 1 aromatic heterocycles. The second-order valence-corrected chi connectivity index (χ2v) is 3.04. The molecule has 0 saturated carbocycles. The molecule has 1 N–H and O–H groups in total. The predicted octanol–water partition coefficient (Wildman–Crippen LogP) is 1.95. The maximum absolute atomic E-state index is 9.20. The molecule has 0 aliphatic carbocycles. The molecule has 0 saturated heterocycles. The average Bonchev–Trinajstić information content (AvgIpc) is 2.34. The van der Waals surface area contributed by atoms with Crippen LogP contribution in [0.2, 0.25) is 0 Å². The first-order valence-corrected chi connectivity index (χ1v) is 3.83. The van der Waals surface area contributed by atoms with Gasteiger partial charge in [-0.1, -0.05) is 0 Å². The molecule has 0 unspecified atom stereocenters. The van der Waals surface area contributed by atoms with Crippen molar-refractivity contribution < 1.29 is 9.84 Å². The normalized spacial score (nSPS) is 14.4. The van der Waals surface area contributed by atoms with Gasteiger partial charge in [-0.05, 0) is 6.08 Å². The minimum atomic E-state index is 0.361. The molecule has 52 valence electrons. The molecule has 3 heteroatoms. The fourth-order valence-electron chi connectivity index (χ4n) is 0.927. The van der Waals surface area contributed by atoms with Crippen LogP contribution in [-0.2, 0) is 11.3 Å². The zero-order valence-electron chi connectivity index (χ0n) is 5.20. The Kier molecular flexibility index (Phi) is 1.17. The highest BCUT2D eigenvalue weighted by Crippen LogP contribution is 2.32. The molecule has 0 spiro atoms. The highest BCUT2D eigenvalue weighted by molar-refractivity contribution is 7.10. The van der Waals surface area contributed by atoms with Crippen molar-refractivity contribution in [2.24, 2.45) is 0 Å². The van der Waals surface area contributed by atoms with E-state index in [1.165, 1.54) is 11.3 Å². The van der Waals surface area contributed by atoms with Crippen LogP contribution in [0, 0.1) is 0 Å². The molecule has 1 aromatic rings. The summed E-state index contributed by atoms with van der Waals surface area (Å²) in [5.74, 6) is 0.361. The summed E-state index contributed by atoms with van der Waals surface area (Å²) < 4.78 is 5.03. The second-order valence-electron chi connectivity index (χ2n) is 2.07. The molecule has 2 heterocycles. The van der Waals surface area contributed by atoms with Gasteiger partial charge in [-0.3, -0.25) is 0 Å². The van der Waals surface area contributed by atoms with Crippen LogP contribution >= 0.6 is 11.3 Å². The van der Waals surface area contributed by atoms with Crippen molar-refractivity contribution in [3.8, 4) is 5.75 Å². The summed E-state index contributed by atoms with van der Waals surface area (Å²) in [5, 5.41) is 10.9. The van der Waals surface area contributed by atoms with Crippen molar-refractivity contribution in [1.82, 2.24) is 0 Å². The number of ether oxygens (including phenoxy) is 1. The van der Waals surface area contributed by atoms with E-state index >= 15 is 0 Å². The third-order valence-corrected chi connectivity index (χ3v) is 2.40. The lowest BCUT2D eigenvalue weighted by atomic mass is 10.2. The van der Waals surface area contributed by atoms with E-state index in [9.17, 15) is 5.11 Å². The Bertz CT molecular complexity index is 275. The molecule has 2 nitrogen and oxygen atoms in total. The van der Waals surface area contributed by atoms with Gasteiger partial charge in [0.25, 0.3) is 0 Å². The topological polar surface area (TPSA) is 29.5 Å². The minimum absolute atomic E-state index is 0.361. The van der Waals surface area contributed by atoms with Gasteiger partial charge in [0.05, 0.1) is 11.1 Å². The Morgan fingerprint density at radius 2 is 2.50 bits per heavy atom. The molecule has 2 rings (SSSR count). The van der Waals surface area contributed by atoms with Crippen LogP contribution in [0.5, 0.6) is 5.75 Å². The maximum Gasteiger partial charge on any atom is 0.134 e. The summed E-state index contributed by atoms with van der Waals surface area (Å²) in [4.78, 5) is 1.10. The Balaban J connectivity index is 2.57. The van der Waals surface area contributed by atoms with Gasteiger partial charge >= 0.3 is 0 Å². The lowest BCUT2D eigenvalue weighted by Gasteiger charge is -2.05. The van der Waals surface area contributed by atoms with Crippen LogP contribution in [0.4, 0.5) is 0 Å². The number of aromatic hydroxyl groups is 1. The monoisotopic (exact) mass is 154 g/mol. The summed E-state index contributed by atoms with van der Waals surface area (Å²) in [6.07, 6.45) is 3.39. The lowest BCUT2D eigenvalue weighted by molar-refractivity contribution is 0.237. The summed E-state index contributed by atoms with van der Waals surface area (Å²) in [6, 6.07) is 0. The van der Waals surface area contributed by atoms with Crippen molar-refractivity contribution in [1.29, 1.82) is 0 Å². The van der Waals surface area contributed by atoms with E-state index in [1.807, 2.05) is 0 Å². The minimum Gasteiger partial charge on any atom is -0.506 e. The molecule has 0 amide bonds. The predicted molar refractivity (Wildman–Crippen MR) is 39.8 cm³/mol. The summed E-state index contributed by atoms with van der Waals surface area (Å²) >= 11 is 1.53. The summed E-state index contributed by atoms with van der Waals surface area (Å²) in [7, 11) is 0. The molecule has 0 radical (unpaired) electrons. The van der Waals surface area contributed by atoms with Crippen LogP contribution < -0.4 is 0 Å². The lowest BCUT2D eigenvalue weighted by Crippen LogP contribution is -1.89. The van der Waals surface area contributed by atoms with Crippen molar-refractivity contribution in [3.63, 3.8) is 0 Å². The summed E-state index contributed by atoms with van der Waals surface area (Å²) in [5.41, 5.74) is 0.913. The Morgan fingerprint density at radius 1 is 1.60 bits per heavy atom. The van der Waals surface area contributed by atoms with Crippen LogP contribution in [0.1, 0.15) is 10.4 Å². The van der Waals surface area contributed by atoms with Crippen molar-refractivity contribution in [3.05, 3.63) is 22.1 Å². The smallest absolute Gasteiger partial charge is 0.134 e. The molecule has 0 atom stereocenters. The van der Waals surface area contributed by atoms with Gasteiger partial charge in [0.2, 0.25) is 0 Å². The van der Waals surface area contributed by atoms with Gasteiger partial charge in [-0.2, -0.15) is 0 Å². The number of fused-ring (bicyclic) bond motifs is 1. The molecule has 0 aromatic carbocycles. The third kappa shape index (κ3) is 0.708. The van der Waals surface area contributed by atoms with E-state index in [-0.39, 0.29) is 0 Å². The van der Waals surface area contributed by atoms with Gasteiger partial charge in [0.1, 0.15) is 12.4 Å². The van der Waals surface area contributed by atoms with Crippen molar-refractivity contribution >= 4 is 17.4 Å². The highest BCUT2D eigenvalue weighted by atomic mass is 32.1. The molecular formula is C7H6O2S. The Morgan fingerprint density at radius 3 is 3.30 bits per heavy atom. The van der Waals surface area contributed by atoms with E-state index in [2.05, 4.69) is 0 Å². The fraction of sp³-hybridized carbons (Fsp3) is 0.143. The molecule has 1 aliphatic rings. The zero-order valence-corrected chi connectivity index (χ0v) is 6.02. The van der Waals surface area contributed by atoms with Gasteiger partial charge in [-0.25, -0.2) is 0 Å². The second kappa shape index (κ2) is 2.02. The number of thiophene rings is 1. The number of hydrogen-bond donors (Lipinski definition) is 1. The van der Waals surface area contributed by atoms with Gasteiger partial charge in [0, 0.05) is 10.9 Å². The largest absolute Gasteiger partial charge is 0.506 e.